The average Bonchev–Trinajstić information content (AvgIpc) is 2.46. The zero-order chi connectivity index (χ0) is 8.55. The van der Waals surface area contributed by atoms with Crippen molar-refractivity contribution >= 4 is 18.4 Å². The number of rotatable bonds is 1. The molecule has 0 unspecified atom stereocenters. The minimum atomic E-state index is -1.71. The van der Waals surface area contributed by atoms with Gasteiger partial charge in [-0.3, -0.25) is 0 Å². The molecule has 0 fully saturated rings. The van der Waals surface area contributed by atoms with E-state index in [4.69, 9.17) is 10.0 Å². The Morgan fingerprint density at radius 1 is 1.33 bits per heavy atom. The highest BCUT2D eigenvalue weighted by Gasteiger charge is 2.15. The average molecular weight is 164 g/mol. The van der Waals surface area contributed by atoms with E-state index in [-0.39, 0.29) is 0 Å². The van der Waals surface area contributed by atoms with Gasteiger partial charge in [-0.2, -0.15) is 9.81 Å². The standard InChI is InChI=1S/C5H5BN4O2/c11-6(12)10-8-4-2-1-3-7-5(4)9-10/h1-3,11-12H. The molecular weight excluding hydrogens is 159 g/mol. The second kappa shape index (κ2) is 2.54. The van der Waals surface area contributed by atoms with Crippen LogP contribution in [-0.4, -0.2) is 37.2 Å². The molecule has 0 spiro atoms. The van der Waals surface area contributed by atoms with Crippen LogP contribution in [0.25, 0.3) is 11.2 Å². The quantitative estimate of drug-likeness (QED) is 0.508. The van der Waals surface area contributed by atoms with E-state index < -0.39 is 7.25 Å². The summed E-state index contributed by atoms with van der Waals surface area (Å²) >= 11 is 0. The second-order valence-electron chi connectivity index (χ2n) is 2.21. The third kappa shape index (κ3) is 1.04. The Morgan fingerprint density at radius 2 is 2.17 bits per heavy atom. The topological polar surface area (TPSA) is 84.1 Å². The van der Waals surface area contributed by atoms with Gasteiger partial charge in [0.15, 0.2) is 0 Å². The predicted octanol–water partition coefficient (Wildman–Crippen LogP) is -1.36. The van der Waals surface area contributed by atoms with E-state index in [1.54, 1.807) is 18.3 Å². The molecule has 2 aromatic heterocycles. The van der Waals surface area contributed by atoms with Crippen LogP contribution in [-0.2, 0) is 0 Å². The maximum atomic E-state index is 8.69. The zero-order valence-corrected chi connectivity index (χ0v) is 5.99. The Hall–Kier alpha value is -1.47. The number of hydrogen-bond acceptors (Lipinski definition) is 5. The van der Waals surface area contributed by atoms with Crippen LogP contribution in [0.4, 0.5) is 0 Å². The van der Waals surface area contributed by atoms with Gasteiger partial charge in [0.25, 0.3) is 0 Å². The first-order valence-corrected chi connectivity index (χ1v) is 3.31. The summed E-state index contributed by atoms with van der Waals surface area (Å²) in [5.41, 5.74) is 0.927. The van der Waals surface area contributed by atoms with E-state index in [1.807, 2.05) is 0 Å². The third-order valence-corrected chi connectivity index (χ3v) is 1.38. The van der Waals surface area contributed by atoms with Gasteiger partial charge in [0.1, 0.15) is 5.52 Å². The first kappa shape index (κ1) is 7.20. The molecule has 0 amide bonds. The van der Waals surface area contributed by atoms with Crippen molar-refractivity contribution in [2.75, 3.05) is 0 Å². The van der Waals surface area contributed by atoms with Gasteiger partial charge in [-0.25, -0.2) is 4.98 Å². The summed E-state index contributed by atoms with van der Waals surface area (Å²) in [7, 11) is -1.71. The maximum absolute atomic E-state index is 8.69. The fourth-order valence-electron chi connectivity index (χ4n) is 0.877. The molecule has 0 aliphatic rings. The van der Waals surface area contributed by atoms with E-state index in [1.165, 1.54) is 0 Å². The minimum absolute atomic E-state index is 0.394. The molecule has 0 saturated heterocycles. The van der Waals surface area contributed by atoms with Crippen molar-refractivity contribution in [3.8, 4) is 0 Å². The molecule has 2 N–H and O–H groups in total. The highest BCUT2D eigenvalue weighted by Crippen LogP contribution is 2.02. The Bertz CT molecular complexity index is 368. The summed E-state index contributed by atoms with van der Waals surface area (Å²) in [6.45, 7) is 0. The molecule has 6 nitrogen and oxygen atoms in total. The number of nitrogens with zero attached hydrogens (tertiary/aromatic N) is 4. The highest BCUT2D eigenvalue weighted by atomic mass is 16.4. The van der Waals surface area contributed by atoms with Crippen LogP contribution in [0.2, 0.25) is 0 Å². The first-order chi connectivity index (χ1) is 5.77. The van der Waals surface area contributed by atoms with E-state index in [0.29, 0.717) is 11.2 Å². The summed E-state index contributed by atoms with van der Waals surface area (Å²) in [5, 5.41) is 24.8. The molecule has 7 heteroatoms. The molecule has 0 radical (unpaired) electrons. The lowest BCUT2D eigenvalue weighted by Crippen LogP contribution is -2.26. The largest absolute Gasteiger partial charge is 0.627 e. The Balaban J connectivity index is 2.62. The van der Waals surface area contributed by atoms with Gasteiger partial charge in [-0.05, 0) is 12.1 Å². The van der Waals surface area contributed by atoms with Crippen LogP contribution >= 0.6 is 0 Å². The lowest BCUT2D eigenvalue weighted by atomic mass is 10.2. The molecule has 0 aliphatic heterocycles. The van der Waals surface area contributed by atoms with E-state index in [0.717, 1.165) is 4.71 Å². The van der Waals surface area contributed by atoms with E-state index in [2.05, 4.69) is 15.2 Å². The number of hydrogen-bond donors (Lipinski definition) is 2. The number of aromatic nitrogens is 4. The molecule has 0 aliphatic carbocycles. The van der Waals surface area contributed by atoms with Crippen LogP contribution in [0, 0.1) is 0 Å². The normalized spacial score (nSPS) is 10.5. The summed E-state index contributed by atoms with van der Waals surface area (Å²) in [5.74, 6) is 0. The minimum Gasteiger partial charge on any atom is -0.406 e. The molecule has 2 rings (SSSR count). The third-order valence-electron chi connectivity index (χ3n) is 1.38. The van der Waals surface area contributed by atoms with Crippen molar-refractivity contribution in [3.63, 3.8) is 0 Å². The van der Waals surface area contributed by atoms with E-state index in [9.17, 15) is 0 Å². The lowest BCUT2D eigenvalue weighted by molar-refractivity contribution is 0.372. The van der Waals surface area contributed by atoms with Crippen molar-refractivity contribution in [1.82, 2.24) is 19.9 Å². The van der Waals surface area contributed by atoms with Crippen molar-refractivity contribution in [1.29, 1.82) is 0 Å². The van der Waals surface area contributed by atoms with Gasteiger partial charge < -0.3 is 10.0 Å². The summed E-state index contributed by atoms with van der Waals surface area (Å²) in [6.07, 6.45) is 1.56. The molecule has 0 bridgehead atoms. The second-order valence-corrected chi connectivity index (χ2v) is 2.21. The van der Waals surface area contributed by atoms with Crippen LogP contribution in [0.3, 0.4) is 0 Å². The van der Waals surface area contributed by atoms with Gasteiger partial charge in [-0.1, -0.05) is 0 Å². The smallest absolute Gasteiger partial charge is 0.406 e. The van der Waals surface area contributed by atoms with Crippen LogP contribution < -0.4 is 0 Å². The molecular formula is C5H5BN4O2. The van der Waals surface area contributed by atoms with Crippen LogP contribution in [0.15, 0.2) is 18.3 Å². The summed E-state index contributed by atoms with van der Waals surface area (Å²) in [6, 6.07) is 3.39. The van der Waals surface area contributed by atoms with Crippen molar-refractivity contribution in [2.24, 2.45) is 0 Å². The Labute approximate surface area is 67.6 Å². The molecule has 60 valence electrons. The fraction of sp³-hybridized carbons (Fsp3) is 0. The van der Waals surface area contributed by atoms with Gasteiger partial charge in [-0.15, -0.1) is 5.10 Å². The van der Waals surface area contributed by atoms with Crippen molar-refractivity contribution in [2.45, 2.75) is 0 Å². The zero-order valence-electron chi connectivity index (χ0n) is 5.99. The SMILES string of the molecule is OB(O)n1nc2cccnc2n1. The number of pyridine rings is 1. The van der Waals surface area contributed by atoms with Gasteiger partial charge in [0, 0.05) is 6.20 Å². The molecule has 2 aromatic rings. The van der Waals surface area contributed by atoms with E-state index >= 15 is 0 Å². The first-order valence-electron chi connectivity index (χ1n) is 3.31. The van der Waals surface area contributed by atoms with Gasteiger partial charge >= 0.3 is 7.25 Å². The molecule has 2 heterocycles. The van der Waals surface area contributed by atoms with Crippen molar-refractivity contribution < 1.29 is 10.0 Å². The van der Waals surface area contributed by atoms with Gasteiger partial charge in [0.2, 0.25) is 5.65 Å². The fourth-order valence-corrected chi connectivity index (χ4v) is 0.877. The monoisotopic (exact) mass is 164 g/mol. The summed E-state index contributed by atoms with van der Waals surface area (Å²) in [4.78, 5) is 3.87. The molecule has 0 saturated carbocycles. The molecule has 12 heavy (non-hydrogen) atoms. The lowest BCUT2D eigenvalue weighted by Gasteiger charge is -1.90. The molecule has 0 atom stereocenters. The maximum Gasteiger partial charge on any atom is 0.627 e. The molecule has 0 aromatic carbocycles. The van der Waals surface area contributed by atoms with Gasteiger partial charge in [0.05, 0.1) is 0 Å². The van der Waals surface area contributed by atoms with Crippen molar-refractivity contribution in [3.05, 3.63) is 18.3 Å². The Kier molecular flexibility index (Phi) is 1.52. The highest BCUT2D eigenvalue weighted by molar-refractivity contribution is 6.38. The van der Waals surface area contributed by atoms with Crippen LogP contribution in [0.1, 0.15) is 0 Å². The van der Waals surface area contributed by atoms with Crippen LogP contribution in [0.5, 0.6) is 0 Å². The summed E-state index contributed by atoms with van der Waals surface area (Å²) < 4.78 is 0.789. The number of fused-ring (bicyclic) bond motifs is 1. The predicted molar refractivity (Wildman–Crippen MR) is 40.9 cm³/mol. The Morgan fingerprint density at radius 3 is 2.83 bits per heavy atom.